The first-order valence-electron chi connectivity index (χ1n) is 6.77. The van der Waals surface area contributed by atoms with Crippen LogP contribution in [0.3, 0.4) is 0 Å². The molecule has 1 aliphatic rings. The molecule has 94 valence electrons. The minimum absolute atomic E-state index is 0.300. The zero-order chi connectivity index (χ0) is 12.0. The smallest absolute Gasteiger partial charge is 0.223 e. The molecule has 0 radical (unpaired) electrons. The summed E-state index contributed by atoms with van der Waals surface area (Å²) in [5.74, 6) is 0.608. The molecular formula is C14H27NO. The summed E-state index contributed by atoms with van der Waals surface area (Å²) in [5, 5.41) is 3.09. The first-order valence-corrected chi connectivity index (χ1v) is 6.77. The fraction of sp³-hybridized carbons (Fsp3) is 0.929. The largest absolute Gasteiger partial charge is 0.356 e. The maximum absolute atomic E-state index is 11.8. The van der Waals surface area contributed by atoms with E-state index in [1.807, 2.05) is 0 Å². The van der Waals surface area contributed by atoms with E-state index < -0.39 is 0 Å². The predicted molar refractivity (Wildman–Crippen MR) is 68.3 cm³/mol. The lowest BCUT2D eigenvalue weighted by molar-refractivity contribution is -0.125. The minimum Gasteiger partial charge on any atom is -0.356 e. The molecule has 0 bridgehead atoms. The van der Waals surface area contributed by atoms with Gasteiger partial charge in [0.2, 0.25) is 5.91 Å². The molecule has 0 aromatic carbocycles. The van der Waals surface area contributed by atoms with Gasteiger partial charge in [-0.1, -0.05) is 40.0 Å². The van der Waals surface area contributed by atoms with Crippen molar-refractivity contribution in [3.63, 3.8) is 0 Å². The van der Waals surface area contributed by atoms with Crippen LogP contribution in [-0.2, 0) is 4.79 Å². The molecule has 1 saturated carbocycles. The van der Waals surface area contributed by atoms with Crippen molar-refractivity contribution in [2.45, 2.75) is 65.7 Å². The first kappa shape index (κ1) is 13.5. The van der Waals surface area contributed by atoms with Crippen molar-refractivity contribution in [2.75, 3.05) is 6.54 Å². The maximum Gasteiger partial charge on any atom is 0.223 e. The van der Waals surface area contributed by atoms with Crippen molar-refractivity contribution >= 4 is 5.91 Å². The van der Waals surface area contributed by atoms with Crippen LogP contribution in [-0.4, -0.2) is 12.5 Å². The Balaban J connectivity index is 2.10. The zero-order valence-electron chi connectivity index (χ0n) is 11.1. The van der Waals surface area contributed by atoms with Crippen LogP contribution >= 0.6 is 0 Å². The summed E-state index contributed by atoms with van der Waals surface area (Å²) in [6.45, 7) is 7.59. The molecule has 1 rings (SSSR count). The summed E-state index contributed by atoms with van der Waals surface area (Å²) < 4.78 is 0. The molecule has 1 amide bonds. The maximum atomic E-state index is 11.8. The van der Waals surface area contributed by atoms with Gasteiger partial charge in [-0.25, -0.2) is 0 Å². The van der Waals surface area contributed by atoms with Crippen molar-refractivity contribution in [3.05, 3.63) is 0 Å². The molecule has 1 aliphatic carbocycles. The van der Waals surface area contributed by atoms with E-state index in [0.29, 0.717) is 17.2 Å². The summed E-state index contributed by atoms with van der Waals surface area (Å²) in [6.07, 6.45) is 8.27. The predicted octanol–water partition coefficient (Wildman–Crippen LogP) is 3.51. The van der Waals surface area contributed by atoms with Crippen LogP contribution in [0.4, 0.5) is 0 Å². The third-order valence-electron chi connectivity index (χ3n) is 3.38. The monoisotopic (exact) mass is 225 g/mol. The van der Waals surface area contributed by atoms with Crippen LogP contribution in [0.2, 0.25) is 0 Å². The number of carbonyl (C=O) groups excluding carboxylic acids is 1. The lowest BCUT2D eigenvalue weighted by atomic mass is 9.88. The number of nitrogens with one attached hydrogen (secondary N) is 1. The number of carbonyl (C=O) groups is 1. The molecule has 1 N–H and O–H groups in total. The molecule has 0 unspecified atom stereocenters. The van der Waals surface area contributed by atoms with Crippen LogP contribution < -0.4 is 5.32 Å². The molecule has 0 spiro atoms. The molecule has 2 nitrogen and oxygen atoms in total. The van der Waals surface area contributed by atoms with Crippen LogP contribution in [0.15, 0.2) is 0 Å². The van der Waals surface area contributed by atoms with Crippen molar-refractivity contribution in [1.29, 1.82) is 0 Å². The first-order chi connectivity index (χ1) is 7.49. The van der Waals surface area contributed by atoms with E-state index in [2.05, 4.69) is 26.1 Å². The number of hydrogen-bond acceptors (Lipinski definition) is 1. The Morgan fingerprint density at radius 2 is 1.81 bits per heavy atom. The van der Waals surface area contributed by atoms with E-state index in [1.54, 1.807) is 0 Å². The van der Waals surface area contributed by atoms with Gasteiger partial charge in [0.1, 0.15) is 0 Å². The van der Waals surface area contributed by atoms with Gasteiger partial charge in [0.15, 0.2) is 0 Å². The number of hydrogen-bond donors (Lipinski definition) is 1. The van der Waals surface area contributed by atoms with Crippen LogP contribution in [0.25, 0.3) is 0 Å². The van der Waals surface area contributed by atoms with E-state index in [4.69, 9.17) is 0 Å². The Labute approximate surface area is 100 Å². The third-order valence-corrected chi connectivity index (χ3v) is 3.38. The van der Waals surface area contributed by atoms with Crippen molar-refractivity contribution in [3.8, 4) is 0 Å². The second-order valence-electron chi connectivity index (χ2n) is 6.29. The SMILES string of the molecule is CC(C)(C)CCCNC(=O)C1CCCCC1. The second-order valence-corrected chi connectivity index (χ2v) is 6.29. The van der Waals surface area contributed by atoms with Gasteiger partial charge in [-0.2, -0.15) is 0 Å². The van der Waals surface area contributed by atoms with Gasteiger partial charge in [-0.05, 0) is 31.1 Å². The highest BCUT2D eigenvalue weighted by molar-refractivity contribution is 5.78. The number of amides is 1. The lowest BCUT2D eigenvalue weighted by Gasteiger charge is -2.21. The molecule has 16 heavy (non-hydrogen) atoms. The summed E-state index contributed by atoms with van der Waals surface area (Å²) in [5.41, 5.74) is 0.384. The molecule has 0 heterocycles. The van der Waals surface area contributed by atoms with Crippen molar-refractivity contribution in [2.24, 2.45) is 11.3 Å². The molecule has 0 atom stereocenters. The molecule has 0 saturated heterocycles. The average molecular weight is 225 g/mol. The molecular weight excluding hydrogens is 198 g/mol. The molecule has 0 aromatic heterocycles. The average Bonchev–Trinajstić information content (AvgIpc) is 2.24. The molecule has 1 fully saturated rings. The van der Waals surface area contributed by atoms with Gasteiger partial charge in [0.05, 0.1) is 0 Å². The van der Waals surface area contributed by atoms with Gasteiger partial charge >= 0.3 is 0 Å². The zero-order valence-corrected chi connectivity index (χ0v) is 11.1. The Morgan fingerprint density at radius 1 is 1.19 bits per heavy atom. The van der Waals surface area contributed by atoms with E-state index in [-0.39, 0.29) is 0 Å². The quantitative estimate of drug-likeness (QED) is 0.729. The summed E-state index contributed by atoms with van der Waals surface area (Å²) in [4.78, 5) is 11.8. The van der Waals surface area contributed by atoms with Crippen molar-refractivity contribution < 1.29 is 4.79 Å². The summed E-state index contributed by atoms with van der Waals surface area (Å²) in [7, 11) is 0. The Morgan fingerprint density at radius 3 is 2.38 bits per heavy atom. The van der Waals surface area contributed by atoms with E-state index in [9.17, 15) is 4.79 Å². The lowest BCUT2D eigenvalue weighted by Crippen LogP contribution is -2.32. The second kappa shape index (κ2) is 6.27. The highest BCUT2D eigenvalue weighted by Gasteiger charge is 2.20. The van der Waals surface area contributed by atoms with E-state index in [0.717, 1.165) is 25.8 Å². The normalized spacial score (nSPS) is 18.4. The van der Waals surface area contributed by atoms with Crippen LogP contribution in [0.5, 0.6) is 0 Å². The topological polar surface area (TPSA) is 29.1 Å². The third kappa shape index (κ3) is 5.53. The van der Waals surface area contributed by atoms with Gasteiger partial charge in [-0.3, -0.25) is 4.79 Å². The van der Waals surface area contributed by atoms with Gasteiger partial charge in [0, 0.05) is 12.5 Å². The van der Waals surface area contributed by atoms with E-state index in [1.165, 1.54) is 25.7 Å². The molecule has 2 heteroatoms. The van der Waals surface area contributed by atoms with Crippen LogP contribution in [0.1, 0.15) is 65.7 Å². The molecule has 0 aliphatic heterocycles. The standard InChI is InChI=1S/C14H27NO/c1-14(2,3)10-7-11-15-13(16)12-8-5-4-6-9-12/h12H,4-11H2,1-3H3,(H,15,16). The van der Waals surface area contributed by atoms with Gasteiger partial charge in [0.25, 0.3) is 0 Å². The Hall–Kier alpha value is -0.530. The highest BCUT2D eigenvalue weighted by Crippen LogP contribution is 2.24. The summed E-state index contributed by atoms with van der Waals surface area (Å²) in [6, 6.07) is 0. The fourth-order valence-electron chi connectivity index (χ4n) is 2.34. The summed E-state index contributed by atoms with van der Waals surface area (Å²) >= 11 is 0. The van der Waals surface area contributed by atoms with Gasteiger partial charge < -0.3 is 5.32 Å². The minimum atomic E-state index is 0.300. The van der Waals surface area contributed by atoms with E-state index >= 15 is 0 Å². The number of rotatable bonds is 4. The van der Waals surface area contributed by atoms with Crippen LogP contribution in [0, 0.1) is 11.3 Å². The fourth-order valence-corrected chi connectivity index (χ4v) is 2.34. The Bertz CT molecular complexity index is 211. The van der Waals surface area contributed by atoms with Crippen molar-refractivity contribution in [1.82, 2.24) is 5.32 Å². The Kier molecular flexibility index (Phi) is 5.30. The van der Waals surface area contributed by atoms with Gasteiger partial charge in [-0.15, -0.1) is 0 Å². The molecule has 0 aromatic rings. The highest BCUT2D eigenvalue weighted by atomic mass is 16.1.